The molecule has 7 heteroatoms. The Hall–Kier alpha value is -2.86. The molecule has 1 unspecified atom stereocenters. The minimum absolute atomic E-state index is 0.0394. The van der Waals surface area contributed by atoms with Crippen LogP contribution in [0.2, 0.25) is 5.02 Å². The number of hydrogen-bond acceptors (Lipinski definition) is 5. The third-order valence-electron chi connectivity index (χ3n) is 4.72. The Morgan fingerprint density at radius 1 is 1.22 bits per heavy atom. The number of carbonyl (C=O) groups excluding carboxylic acids is 1. The predicted octanol–water partition coefficient (Wildman–Crippen LogP) is 4.23. The van der Waals surface area contributed by atoms with Crippen LogP contribution in [-0.4, -0.2) is 29.7 Å². The van der Waals surface area contributed by atoms with Crippen molar-refractivity contribution >= 4 is 23.2 Å². The van der Waals surface area contributed by atoms with Gasteiger partial charge in [0.05, 0.1) is 7.11 Å². The highest BCUT2D eigenvalue weighted by atomic mass is 35.5. The fraction of sp³-hybridized carbons (Fsp3) is 0.250. The van der Waals surface area contributed by atoms with Crippen LogP contribution in [0.3, 0.4) is 0 Å². The van der Waals surface area contributed by atoms with Crippen molar-refractivity contribution < 1.29 is 14.1 Å². The lowest BCUT2D eigenvalue weighted by molar-refractivity contribution is -0.117. The molecule has 0 aliphatic carbocycles. The molecule has 0 radical (unpaired) electrons. The molecule has 0 bridgehead atoms. The summed E-state index contributed by atoms with van der Waals surface area (Å²) in [6.07, 6.45) is 0.350. The summed E-state index contributed by atoms with van der Waals surface area (Å²) in [5, 5.41) is 4.78. The van der Waals surface area contributed by atoms with Crippen molar-refractivity contribution in [2.24, 2.45) is 0 Å². The number of anilines is 1. The molecule has 2 aromatic carbocycles. The van der Waals surface area contributed by atoms with Gasteiger partial charge in [-0.05, 0) is 55.0 Å². The lowest BCUT2D eigenvalue weighted by Crippen LogP contribution is -2.24. The number of halogens is 1. The Kier molecular flexibility index (Phi) is 4.58. The predicted molar refractivity (Wildman–Crippen MR) is 102 cm³/mol. The average Bonchev–Trinajstić information content (AvgIpc) is 3.31. The Morgan fingerprint density at radius 3 is 2.70 bits per heavy atom. The van der Waals surface area contributed by atoms with Gasteiger partial charge in [0, 0.05) is 35.2 Å². The van der Waals surface area contributed by atoms with E-state index in [0.29, 0.717) is 29.7 Å². The van der Waals surface area contributed by atoms with E-state index in [0.717, 1.165) is 22.6 Å². The fourth-order valence-corrected chi connectivity index (χ4v) is 3.30. The number of benzene rings is 2. The molecule has 0 spiro atoms. The highest BCUT2D eigenvalue weighted by Crippen LogP contribution is 2.33. The Balaban J connectivity index is 1.53. The number of aromatic nitrogens is 2. The average molecular weight is 384 g/mol. The lowest BCUT2D eigenvalue weighted by Gasteiger charge is -2.17. The van der Waals surface area contributed by atoms with Crippen LogP contribution in [0, 0.1) is 6.92 Å². The molecule has 1 saturated heterocycles. The van der Waals surface area contributed by atoms with Crippen LogP contribution in [-0.2, 0) is 4.79 Å². The molecule has 1 aromatic heterocycles. The number of hydrogen-bond donors (Lipinski definition) is 0. The third-order valence-corrected chi connectivity index (χ3v) is 5.15. The summed E-state index contributed by atoms with van der Waals surface area (Å²) in [6, 6.07) is 13.0. The monoisotopic (exact) mass is 383 g/mol. The smallest absolute Gasteiger partial charge is 0.257 e. The molecule has 0 N–H and O–H groups in total. The summed E-state index contributed by atoms with van der Waals surface area (Å²) in [6.45, 7) is 2.44. The van der Waals surface area contributed by atoms with E-state index in [1.54, 1.807) is 12.0 Å². The molecule has 1 amide bonds. The maximum Gasteiger partial charge on any atom is 0.257 e. The highest BCUT2D eigenvalue weighted by molar-refractivity contribution is 6.31. The second-order valence-electron chi connectivity index (χ2n) is 6.53. The van der Waals surface area contributed by atoms with Crippen molar-refractivity contribution in [3.8, 4) is 17.2 Å². The molecule has 1 fully saturated rings. The van der Waals surface area contributed by atoms with Gasteiger partial charge in [-0.1, -0.05) is 16.8 Å². The summed E-state index contributed by atoms with van der Waals surface area (Å²) in [4.78, 5) is 18.7. The minimum atomic E-state index is -0.107. The van der Waals surface area contributed by atoms with Gasteiger partial charge in [-0.2, -0.15) is 4.98 Å². The highest BCUT2D eigenvalue weighted by Gasteiger charge is 2.34. The van der Waals surface area contributed by atoms with Crippen LogP contribution in [0.1, 0.15) is 23.7 Å². The first kappa shape index (κ1) is 17.5. The van der Waals surface area contributed by atoms with Crippen molar-refractivity contribution in [3.63, 3.8) is 0 Å². The number of ether oxygens (including phenoxy) is 1. The van der Waals surface area contributed by atoms with E-state index in [-0.39, 0.29) is 11.8 Å². The van der Waals surface area contributed by atoms with Gasteiger partial charge in [-0.25, -0.2) is 0 Å². The summed E-state index contributed by atoms with van der Waals surface area (Å²) in [5.41, 5.74) is 2.58. The van der Waals surface area contributed by atoms with Crippen LogP contribution < -0.4 is 9.64 Å². The summed E-state index contributed by atoms with van der Waals surface area (Å²) >= 11 is 6.08. The van der Waals surface area contributed by atoms with Gasteiger partial charge >= 0.3 is 0 Å². The van der Waals surface area contributed by atoms with Gasteiger partial charge < -0.3 is 14.2 Å². The van der Waals surface area contributed by atoms with E-state index >= 15 is 0 Å². The molecule has 0 saturated carbocycles. The van der Waals surface area contributed by atoms with Gasteiger partial charge in [0.1, 0.15) is 5.75 Å². The summed E-state index contributed by atoms with van der Waals surface area (Å²) < 4.78 is 10.6. The molecule has 2 heterocycles. The summed E-state index contributed by atoms with van der Waals surface area (Å²) in [7, 11) is 1.62. The molecule has 6 nitrogen and oxygen atoms in total. The van der Waals surface area contributed by atoms with Gasteiger partial charge in [0.15, 0.2) is 5.82 Å². The Labute approximate surface area is 161 Å². The lowest BCUT2D eigenvalue weighted by atomic mass is 10.1. The normalized spacial score (nSPS) is 16.8. The van der Waals surface area contributed by atoms with Crippen LogP contribution in [0.15, 0.2) is 47.0 Å². The molecule has 3 aromatic rings. The van der Waals surface area contributed by atoms with Gasteiger partial charge in [0.25, 0.3) is 5.89 Å². The van der Waals surface area contributed by atoms with Crippen LogP contribution in [0.5, 0.6) is 5.75 Å². The molecule has 1 aliphatic rings. The molecule has 1 atom stereocenters. The second-order valence-corrected chi connectivity index (χ2v) is 6.93. The van der Waals surface area contributed by atoms with Gasteiger partial charge in [-0.3, -0.25) is 4.79 Å². The van der Waals surface area contributed by atoms with Crippen molar-refractivity contribution in [3.05, 3.63) is 58.9 Å². The second kappa shape index (κ2) is 7.04. The number of amides is 1. The number of carbonyl (C=O) groups is 1. The van der Waals surface area contributed by atoms with E-state index < -0.39 is 0 Å². The van der Waals surface area contributed by atoms with E-state index in [1.165, 1.54) is 0 Å². The molecule has 138 valence electrons. The van der Waals surface area contributed by atoms with E-state index in [2.05, 4.69) is 10.1 Å². The van der Waals surface area contributed by atoms with Gasteiger partial charge in [0.2, 0.25) is 5.91 Å². The van der Waals surface area contributed by atoms with Crippen molar-refractivity contribution in [2.45, 2.75) is 19.3 Å². The van der Waals surface area contributed by atoms with Crippen molar-refractivity contribution in [1.29, 1.82) is 0 Å². The fourth-order valence-electron chi connectivity index (χ4n) is 3.18. The van der Waals surface area contributed by atoms with Crippen molar-refractivity contribution in [1.82, 2.24) is 10.1 Å². The maximum atomic E-state index is 12.5. The molecule has 27 heavy (non-hydrogen) atoms. The number of methoxy groups -OCH3 is 1. The van der Waals surface area contributed by atoms with E-state index in [1.807, 2.05) is 49.4 Å². The Morgan fingerprint density at radius 2 is 2.00 bits per heavy atom. The van der Waals surface area contributed by atoms with Crippen LogP contribution in [0.25, 0.3) is 11.5 Å². The quantitative estimate of drug-likeness (QED) is 0.674. The van der Waals surface area contributed by atoms with Crippen LogP contribution >= 0.6 is 11.6 Å². The Bertz CT molecular complexity index is 984. The standard InChI is InChI=1S/C20H18ClN3O3/c1-12-9-15(5-8-17(12)21)24-11-14(10-18(24)25)19-22-20(27-23-19)13-3-6-16(26-2)7-4-13/h3-9,14H,10-11H2,1-2H3. The first-order valence-corrected chi connectivity index (χ1v) is 8.97. The molecular formula is C20H18ClN3O3. The third kappa shape index (κ3) is 3.40. The minimum Gasteiger partial charge on any atom is -0.497 e. The topological polar surface area (TPSA) is 68.5 Å². The zero-order valence-electron chi connectivity index (χ0n) is 15.0. The molecule has 4 rings (SSSR count). The van der Waals surface area contributed by atoms with E-state index in [4.69, 9.17) is 20.9 Å². The maximum absolute atomic E-state index is 12.5. The zero-order valence-corrected chi connectivity index (χ0v) is 15.7. The number of nitrogens with zero attached hydrogens (tertiary/aromatic N) is 3. The largest absolute Gasteiger partial charge is 0.497 e. The molecule has 1 aliphatic heterocycles. The first-order valence-electron chi connectivity index (χ1n) is 8.59. The number of aryl methyl sites for hydroxylation is 1. The molecular weight excluding hydrogens is 366 g/mol. The SMILES string of the molecule is COc1ccc(-c2nc(C3CC(=O)N(c4ccc(Cl)c(C)c4)C3)no2)cc1. The zero-order chi connectivity index (χ0) is 19.0. The summed E-state index contributed by atoms with van der Waals surface area (Å²) in [5.74, 6) is 1.67. The number of rotatable bonds is 4. The van der Waals surface area contributed by atoms with Gasteiger partial charge in [-0.15, -0.1) is 0 Å². The van der Waals surface area contributed by atoms with E-state index in [9.17, 15) is 4.79 Å². The van der Waals surface area contributed by atoms with Crippen molar-refractivity contribution in [2.75, 3.05) is 18.6 Å². The van der Waals surface area contributed by atoms with Crippen LogP contribution in [0.4, 0.5) is 5.69 Å². The first-order chi connectivity index (χ1) is 13.0.